The van der Waals surface area contributed by atoms with E-state index in [0.717, 1.165) is 21.5 Å². The first kappa shape index (κ1) is 14.8. The second kappa shape index (κ2) is 6.34. The summed E-state index contributed by atoms with van der Waals surface area (Å²) in [4.78, 5) is 15.9. The maximum absolute atomic E-state index is 11.6. The molecule has 0 bridgehead atoms. The molecule has 2 aromatic rings. The molecule has 0 atom stereocenters. The Bertz CT molecular complexity index is 689. The molecule has 3 rings (SSSR count). The van der Waals surface area contributed by atoms with Crippen molar-refractivity contribution in [3.63, 3.8) is 0 Å². The van der Waals surface area contributed by atoms with Crippen LogP contribution in [0.15, 0.2) is 22.0 Å². The van der Waals surface area contributed by atoms with Gasteiger partial charge in [0.1, 0.15) is 10.7 Å². The minimum absolute atomic E-state index is 0.0615. The zero-order valence-corrected chi connectivity index (χ0v) is 14.1. The summed E-state index contributed by atoms with van der Waals surface area (Å²) in [5, 5.41) is 2.47. The number of Topliss-reactive ketones (excluding diaryl/α,β-unsaturated/α-hetero) is 1. The predicted molar refractivity (Wildman–Crippen MR) is 85.9 cm³/mol. The number of halogens is 2. The van der Waals surface area contributed by atoms with Gasteiger partial charge in [0.25, 0.3) is 0 Å². The summed E-state index contributed by atoms with van der Waals surface area (Å²) in [7, 11) is 0. The number of alkyl halides is 1. The van der Waals surface area contributed by atoms with Crippen LogP contribution in [0.5, 0.6) is 11.5 Å². The van der Waals surface area contributed by atoms with Gasteiger partial charge in [0.05, 0.1) is 23.6 Å². The largest absolute Gasteiger partial charge is 0.489 e. The molecule has 1 aromatic heterocycles. The van der Waals surface area contributed by atoms with Gasteiger partial charge in [-0.15, -0.1) is 22.9 Å². The molecule has 0 saturated carbocycles. The molecule has 4 nitrogen and oxygen atoms in total. The van der Waals surface area contributed by atoms with Crippen molar-refractivity contribution in [3.8, 4) is 22.1 Å². The summed E-state index contributed by atoms with van der Waals surface area (Å²) in [5.74, 6) is 1.17. The Kier molecular flexibility index (Phi) is 4.47. The lowest BCUT2D eigenvalue weighted by Crippen LogP contribution is -2.00. The van der Waals surface area contributed by atoms with Crippen LogP contribution >= 0.6 is 38.9 Å². The molecule has 0 saturated heterocycles. The van der Waals surface area contributed by atoms with E-state index in [-0.39, 0.29) is 11.7 Å². The van der Waals surface area contributed by atoms with Crippen molar-refractivity contribution in [3.05, 3.63) is 27.7 Å². The number of ether oxygens (including phenoxy) is 2. The number of thiazole rings is 1. The van der Waals surface area contributed by atoms with E-state index in [4.69, 9.17) is 21.1 Å². The first-order valence-electron chi connectivity index (χ1n) is 6.33. The van der Waals surface area contributed by atoms with E-state index in [1.807, 2.05) is 12.1 Å². The molecule has 21 heavy (non-hydrogen) atoms. The summed E-state index contributed by atoms with van der Waals surface area (Å²) in [6, 6.07) is 3.81. The Hall–Kier alpha value is -1.11. The van der Waals surface area contributed by atoms with Gasteiger partial charge < -0.3 is 9.47 Å². The number of carbonyl (C=O) groups is 1. The van der Waals surface area contributed by atoms with Gasteiger partial charge in [0.15, 0.2) is 17.3 Å². The Morgan fingerprint density at radius 3 is 3.00 bits per heavy atom. The maximum atomic E-state index is 11.6. The van der Waals surface area contributed by atoms with E-state index in [0.29, 0.717) is 30.4 Å². The number of ketones is 1. The number of hydrogen-bond donors (Lipinski definition) is 0. The average molecular weight is 389 g/mol. The minimum atomic E-state index is -0.174. The smallest absolute Gasteiger partial charge is 0.196 e. The van der Waals surface area contributed by atoms with E-state index in [2.05, 4.69) is 20.9 Å². The van der Waals surface area contributed by atoms with Crippen LogP contribution in [0.4, 0.5) is 0 Å². The van der Waals surface area contributed by atoms with Gasteiger partial charge in [0.2, 0.25) is 0 Å². The third kappa shape index (κ3) is 3.07. The maximum Gasteiger partial charge on any atom is 0.196 e. The molecule has 0 aliphatic carbocycles. The van der Waals surface area contributed by atoms with Gasteiger partial charge in [-0.1, -0.05) is 0 Å². The third-order valence-electron chi connectivity index (χ3n) is 2.96. The highest BCUT2D eigenvalue weighted by Crippen LogP contribution is 2.41. The Morgan fingerprint density at radius 1 is 1.38 bits per heavy atom. The van der Waals surface area contributed by atoms with Crippen molar-refractivity contribution in [2.75, 3.05) is 19.1 Å². The van der Waals surface area contributed by atoms with Crippen LogP contribution in [0.25, 0.3) is 10.6 Å². The highest BCUT2D eigenvalue weighted by atomic mass is 79.9. The zero-order chi connectivity index (χ0) is 14.8. The standard InChI is InChI=1S/C14H11BrClNO3S/c15-9-4-8(5-12-13(9)20-3-1-2-19-12)14-17-10(7-21-14)11(18)6-16/h4-5,7H,1-3,6H2. The second-order valence-electron chi connectivity index (χ2n) is 4.43. The molecular weight excluding hydrogens is 378 g/mol. The average Bonchev–Trinajstić information content (AvgIpc) is 2.86. The molecule has 1 aliphatic heterocycles. The van der Waals surface area contributed by atoms with Crippen molar-refractivity contribution in [2.24, 2.45) is 0 Å². The van der Waals surface area contributed by atoms with Crippen molar-refractivity contribution in [2.45, 2.75) is 6.42 Å². The predicted octanol–water partition coefficient (Wildman–Crippen LogP) is 4.16. The highest BCUT2D eigenvalue weighted by molar-refractivity contribution is 9.10. The molecule has 2 heterocycles. The molecule has 7 heteroatoms. The normalized spacial score (nSPS) is 13.8. The second-order valence-corrected chi connectivity index (χ2v) is 6.41. The monoisotopic (exact) mass is 387 g/mol. The van der Waals surface area contributed by atoms with E-state index in [9.17, 15) is 4.79 Å². The summed E-state index contributed by atoms with van der Waals surface area (Å²) < 4.78 is 12.2. The summed E-state index contributed by atoms with van der Waals surface area (Å²) >= 11 is 10.5. The third-order valence-corrected chi connectivity index (χ3v) is 4.68. The number of aromatic nitrogens is 1. The fourth-order valence-corrected chi connectivity index (χ4v) is 3.46. The molecule has 1 aromatic carbocycles. The van der Waals surface area contributed by atoms with Gasteiger partial charge >= 0.3 is 0 Å². The van der Waals surface area contributed by atoms with E-state index in [1.54, 1.807) is 5.38 Å². The lowest BCUT2D eigenvalue weighted by Gasteiger charge is -2.10. The quantitative estimate of drug-likeness (QED) is 0.585. The minimum Gasteiger partial charge on any atom is -0.489 e. The number of rotatable bonds is 3. The van der Waals surface area contributed by atoms with Gasteiger partial charge in [-0.25, -0.2) is 4.98 Å². The number of carbonyl (C=O) groups excluding carboxylic acids is 1. The van der Waals surface area contributed by atoms with Crippen LogP contribution in [0.1, 0.15) is 16.9 Å². The molecule has 0 radical (unpaired) electrons. The van der Waals surface area contributed by atoms with Gasteiger partial charge in [-0.05, 0) is 28.1 Å². The molecule has 0 amide bonds. The Morgan fingerprint density at radius 2 is 2.19 bits per heavy atom. The number of hydrogen-bond acceptors (Lipinski definition) is 5. The molecule has 0 fully saturated rings. The topological polar surface area (TPSA) is 48.4 Å². The van der Waals surface area contributed by atoms with Crippen molar-refractivity contribution >= 4 is 44.7 Å². The first-order valence-corrected chi connectivity index (χ1v) is 8.54. The van der Waals surface area contributed by atoms with Crippen molar-refractivity contribution in [1.29, 1.82) is 0 Å². The van der Waals surface area contributed by atoms with Crippen LogP contribution in [-0.4, -0.2) is 29.9 Å². The Balaban J connectivity index is 1.99. The molecule has 0 unspecified atom stereocenters. The summed E-state index contributed by atoms with van der Waals surface area (Å²) in [6.07, 6.45) is 0.849. The van der Waals surface area contributed by atoms with Gasteiger partial charge in [-0.3, -0.25) is 4.79 Å². The van der Waals surface area contributed by atoms with Crippen LogP contribution < -0.4 is 9.47 Å². The highest BCUT2D eigenvalue weighted by Gasteiger charge is 2.18. The van der Waals surface area contributed by atoms with Crippen LogP contribution in [0, 0.1) is 0 Å². The molecule has 0 spiro atoms. The molecular formula is C14H11BrClNO3S. The fourth-order valence-electron chi connectivity index (χ4n) is 1.96. The number of benzene rings is 1. The molecule has 1 aliphatic rings. The van der Waals surface area contributed by atoms with E-state index in [1.165, 1.54) is 11.3 Å². The van der Waals surface area contributed by atoms with Gasteiger partial charge in [0, 0.05) is 17.4 Å². The first-order chi connectivity index (χ1) is 10.2. The summed E-state index contributed by atoms with van der Waals surface area (Å²) in [5.41, 5.74) is 1.28. The van der Waals surface area contributed by atoms with Crippen LogP contribution in [0.2, 0.25) is 0 Å². The zero-order valence-electron chi connectivity index (χ0n) is 10.9. The lowest BCUT2D eigenvalue weighted by molar-refractivity contribution is 0.101. The lowest BCUT2D eigenvalue weighted by atomic mass is 10.2. The number of nitrogens with zero attached hydrogens (tertiary/aromatic N) is 1. The van der Waals surface area contributed by atoms with E-state index < -0.39 is 0 Å². The van der Waals surface area contributed by atoms with Crippen molar-refractivity contribution in [1.82, 2.24) is 4.98 Å². The fraction of sp³-hybridized carbons (Fsp3) is 0.286. The SMILES string of the molecule is O=C(CCl)c1csc(-c2cc(Br)c3c(c2)OCCCO3)n1. The van der Waals surface area contributed by atoms with Crippen LogP contribution in [-0.2, 0) is 0 Å². The van der Waals surface area contributed by atoms with E-state index >= 15 is 0 Å². The Labute approximate surface area is 139 Å². The van der Waals surface area contributed by atoms with Crippen LogP contribution in [0.3, 0.4) is 0 Å². The summed E-state index contributed by atoms with van der Waals surface area (Å²) in [6.45, 7) is 1.26. The van der Waals surface area contributed by atoms with Crippen molar-refractivity contribution < 1.29 is 14.3 Å². The number of fused-ring (bicyclic) bond motifs is 1. The molecule has 110 valence electrons. The van der Waals surface area contributed by atoms with Gasteiger partial charge in [-0.2, -0.15) is 0 Å². The molecule has 0 N–H and O–H groups in total.